The summed E-state index contributed by atoms with van der Waals surface area (Å²) >= 11 is 0. The van der Waals surface area contributed by atoms with E-state index in [1.807, 2.05) is 36.4 Å². The number of hydrogen-bond acceptors (Lipinski definition) is 5. The summed E-state index contributed by atoms with van der Waals surface area (Å²) in [6, 6.07) is 60.4. The van der Waals surface area contributed by atoms with Crippen molar-refractivity contribution in [3.63, 3.8) is 0 Å². The first-order chi connectivity index (χ1) is 30.1. The van der Waals surface area contributed by atoms with Crippen LogP contribution in [0.2, 0.25) is 0 Å². The van der Waals surface area contributed by atoms with Crippen LogP contribution in [0.15, 0.2) is 182 Å². The highest BCUT2D eigenvalue weighted by Gasteiger charge is 2.20. The number of benzene rings is 7. The zero-order chi connectivity index (χ0) is 40.6. The van der Waals surface area contributed by atoms with Crippen molar-refractivity contribution in [3.05, 3.63) is 188 Å². The lowest BCUT2D eigenvalue weighted by Crippen LogP contribution is -2.07. The number of fused-ring (bicyclic) bond motifs is 9. The van der Waals surface area contributed by atoms with Crippen molar-refractivity contribution in [1.82, 2.24) is 34.1 Å². The van der Waals surface area contributed by atoms with E-state index in [-0.39, 0.29) is 0 Å². The van der Waals surface area contributed by atoms with Gasteiger partial charge in [-0.15, -0.1) is 0 Å². The molecule has 0 N–H and O–H groups in total. The molecule has 0 atom stereocenters. The number of pyridine rings is 2. The molecular weight excluding hydrogens is 747 g/mol. The van der Waals surface area contributed by atoms with Gasteiger partial charge in [0, 0.05) is 39.6 Å². The average Bonchev–Trinajstić information content (AvgIpc) is 3.84. The molecule has 61 heavy (non-hydrogen) atoms. The zero-order valence-corrected chi connectivity index (χ0v) is 33.5. The average molecular weight is 784 g/mol. The van der Waals surface area contributed by atoms with Crippen LogP contribution in [0.4, 0.5) is 0 Å². The van der Waals surface area contributed by atoms with Crippen molar-refractivity contribution >= 4 is 65.2 Å². The van der Waals surface area contributed by atoms with Crippen molar-refractivity contribution in [1.29, 1.82) is 0 Å². The van der Waals surface area contributed by atoms with Crippen LogP contribution < -0.4 is 0 Å². The lowest BCUT2D eigenvalue weighted by molar-refractivity contribution is 0.878. The van der Waals surface area contributed by atoms with Crippen LogP contribution in [0.1, 0.15) is 25.3 Å². The van der Waals surface area contributed by atoms with E-state index in [2.05, 4.69) is 166 Å². The first kappa shape index (κ1) is 35.0. The molecule has 0 radical (unpaired) electrons. The topological polar surface area (TPSA) is 74.3 Å². The maximum absolute atomic E-state index is 5.03. The Balaban J connectivity index is 1.02. The number of rotatable bonds is 6. The van der Waals surface area contributed by atoms with Crippen LogP contribution in [0.25, 0.3) is 111 Å². The molecule has 288 valence electrons. The number of para-hydroxylation sites is 2. The Kier molecular flexibility index (Phi) is 7.90. The summed E-state index contributed by atoms with van der Waals surface area (Å²) in [5, 5.41) is 9.81. The van der Waals surface area contributed by atoms with E-state index in [0.717, 1.165) is 38.6 Å². The molecule has 0 spiro atoms. The molecule has 12 rings (SSSR count). The fraction of sp³-hybridized carbons (Fsp3) is 0.0556. The van der Waals surface area contributed by atoms with Crippen LogP contribution in [0.5, 0.6) is 0 Å². The van der Waals surface area contributed by atoms with E-state index >= 15 is 0 Å². The Hall–Kier alpha value is -8.03. The first-order valence-corrected chi connectivity index (χ1v) is 20.7. The maximum Gasteiger partial charge on any atom is 0.238 e. The molecule has 12 aromatic rings. The molecule has 7 aromatic carbocycles. The molecule has 0 aliphatic rings. The third-order valence-corrected chi connectivity index (χ3v) is 12.0. The van der Waals surface area contributed by atoms with Crippen LogP contribution in [-0.2, 0) is 0 Å². The van der Waals surface area contributed by atoms with Gasteiger partial charge in [-0.3, -0.25) is 14.5 Å². The Labute approximate surface area is 351 Å². The monoisotopic (exact) mass is 783 g/mol. The molecule has 0 aliphatic heterocycles. The van der Waals surface area contributed by atoms with Gasteiger partial charge in [0.2, 0.25) is 5.95 Å². The first-order valence-electron chi connectivity index (χ1n) is 20.7. The van der Waals surface area contributed by atoms with Crippen molar-refractivity contribution in [2.75, 3.05) is 0 Å². The van der Waals surface area contributed by atoms with E-state index in [0.29, 0.717) is 34.9 Å². The van der Waals surface area contributed by atoms with Gasteiger partial charge >= 0.3 is 0 Å². The molecule has 5 heterocycles. The van der Waals surface area contributed by atoms with E-state index < -0.39 is 0 Å². The number of nitrogens with zero attached hydrogens (tertiary/aromatic N) is 7. The quantitative estimate of drug-likeness (QED) is 0.157. The molecular formula is C54H37N7. The van der Waals surface area contributed by atoms with Gasteiger partial charge in [-0.25, -0.2) is 4.98 Å². The van der Waals surface area contributed by atoms with Crippen LogP contribution in [0, 0.1) is 0 Å². The number of aromatic nitrogens is 7. The van der Waals surface area contributed by atoms with Gasteiger partial charge in [-0.05, 0) is 117 Å². The Morgan fingerprint density at radius 1 is 0.393 bits per heavy atom. The van der Waals surface area contributed by atoms with E-state index in [1.54, 1.807) is 12.4 Å². The second-order valence-corrected chi connectivity index (χ2v) is 16.0. The minimum absolute atomic E-state index is 0.437. The normalized spacial score (nSPS) is 11.9. The van der Waals surface area contributed by atoms with Crippen molar-refractivity contribution in [2.45, 2.75) is 19.8 Å². The predicted octanol–water partition coefficient (Wildman–Crippen LogP) is 13.3. The molecule has 7 heteroatoms. The molecule has 0 aliphatic carbocycles. The molecule has 0 saturated carbocycles. The molecule has 7 nitrogen and oxygen atoms in total. The number of hydrogen-bond donors (Lipinski definition) is 0. The fourth-order valence-corrected chi connectivity index (χ4v) is 9.22. The van der Waals surface area contributed by atoms with E-state index in [9.17, 15) is 0 Å². The summed E-state index contributed by atoms with van der Waals surface area (Å²) in [5.74, 6) is 1.91. The molecule has 0 bridgehead atoms. The largest absolute Gasteiger partial charge is 0.309 e. The lowest BCUT2D eigenvalue weighted by atomic mass is 9.91. The van der Waals surface area contributed by atoms with Crippen molar-refractivity contribution in [2.24, 2.45) is 0 Å². The molecule has 0 saturated heterocycles. The zero-order valence-electron chi connectivity index (χ0n) is 33.5. The minimum Gasteiger partial charge on any atom is -0.309 e. The highest BCUT2D eigenvalue weighted by molar-refractivity contribution is 6.14. The van der Waals surface area contributed by atoms with E-state index in [4.69, 9.17) is 15.0 Å². The third-order valence-electron chi connectivity index (χ3n) is 12.0. The predicted molar refractivity (Wildman–Crippen MR) is 250 cm³/mol. The van der Waals surface area contributed by atoms with Gasteiger partial charge in [-0.2, -0.15) is 9.97 Å². The lowest BCUT2D eigenvalue weighted by Gasteiger charge is -2.15. The van der Waals surface area contributed by atoms with Crippen LogP contribution >= 0.6 is 0 Å². The van der Waals surface area contributed by atoms with Gasteiger partial charge in [0.25, 0.3) is 0 Å². The third kappa shape index (κ3) is 5.62. The fourth-order valence-electron chi connectivity index (χ4n) is 9.22. The molecule has 0 amide bonds. The van der Waals surface area contributed by atoms with Gasteiger partial charge in [0.05, 0.1) is 22.1 Å². The van der Waals surface area contributed by atoms with Gasteiger partial charge < -0.3 is 4.57 Å². The van der Waals surface area contributed by atoms with Gasteiger partial charge in [0.1, 0.15) is 11.4 Å². The maximum atomic E-state index is 5.03. The Morgan fingerprint density at radius 2 is 0.918 bits per heavy atom. The van der Waals surface area contributed by atoms with Crippen molar-refractivity contribution in [3.8, 4) is 45.8 Å². The van der Waals surface area contributed by atoms with E-state index in [1.165, 1.54) is 48.9 Å². The highest BCUT2D eigenvalue weighted by atomic mass is 15.2. The van der Waals surface area contributed by atoms with Crippen molar-refractivity contribution < 1.29 is 0 Å². The summed E-state index contributed by atoms with van der Waals surface area (Å²) in [7, 11) is 0. The summed E-state index contributed by atoms with van der Waals surface area (Å²) in [6.07, 6.45) is 3.51. The van der Waals surface area contributed by atoms with Gasteiger partial charge in [0.15, 0.2) is 11.6 Å². The van der Waals surface area contributed by atoms with Gasteiger partial charge in [-0.1, -0.05) is 111 Å². The Bertz CT molecular complexity index is 3620. The summed E-state index contributed by atoms with van der Waals surface area (Å²) in [6.45, 7) is 4.56. The summed E-state index contributed by atoms with van der Waals surface area (Å²) < 4.78 is 4.55. The van der Waals surface area contributed by atoms with Crippen LogP contribution in [-0.4, -0.2) is 34.1 Å². The summed E-state index contributed by atoms with van der Waals surface area (Å²) in [4.78, 5) is 24.1. The minimum atomic E-state index is 0.437. The second-order valence-electron chi connectivity index (χ2n) is 16.0. The second kappa shape index (κ2) is 13.8. The standard InChI is InChI=1S/C54H37N7/c1-33(2)42-31-36-21-24-37(32-43(36)39-14-4-3-13-38(39)42)60-48-19-7-5-15-40(48)44-29-34(22-25-50(44)60)35-23-26-51-45(30-35)41-16-6-8-20-49(41)61(51)54-58-52(46-17-9-11-27-55-46)57-53(59-54)47-18-10-12-28-56-47/h3-33H,1-2H3. The molecule has 5 aromatic heterocycles. The Morgan fingerprint density at radius 3 is 1.51 bits per heavy atom. The molecule has 0 fully saturated rings. The summed E-state index contributed by atoms with van der Waals surface area (Å²) in [5.41, 5.74) is 10.5. The highest BCUT2D eigenvalue weighted by Crippen LogP contribution is 2.40. The molecule has 0 unspecified atom stereocenters. The SMILES string of the molecule is CC(C)c1cc2ccc(-n3c4ccccc4c4cc(-c5ccc6c(c5)c5ccccc5n6-c5nc(-c6ccccn6)nc(-c6ccccn6)n5)ccc43)cc2c2ccccc12. The van der Waals surface area contributed by atoms with Crippen LogP contribution in [0.3, 0.4) is 0 Å². The smallest absolute Gasteiger partial charge is 0.238 e.